The summed E-state index contributed by atoms with van der Waals surface area (Å²) in [6.45, 7) is 4.51. The quantitative estimate of drug-likeness (QED) is 0.605. The second-order valence-corrected chi connectivity index (χ2v) is 9.46. The highest BCUT2D eigenvalue weighted by Gasteiger charge is 2.31. The number of hydrogen-bond acceptors (Lipinski definition) is 3. The van der Waals surface area contributed by atoms with Crippen molar-refractivity contribution in [2.24, 2.45) is 0 Å². The third-order valence-electron chi connectivity index (χ3n) is 5.76. The lowest BCUT2D eigenvalue weighted by Gasteiger charge is -2.20. The van der Waals surface area contributed by atoms with E-state index in [9.17, 15) is 13.2 Å². The van der Waals surface area contributed by atoms with E-state index < -0.39 is 10.0 Å². The molecule has 0 fully saturated rings. The van der Waals surface area contributed by atoms with E-state index in [0.717, 1.165) is 35.2 Å². The van der Waals surface area contributed by atoms with Gasteiger partial charge in [0.25, 0.3) is 15.9 Å². The van der Waals surface area contributed by atoms with Gasteiger partial charge in [-0.15, -0.1) is 0 Å². The number of para-hydroxylation sites is 1. The van der Waals surface area contributed by atoms with E-state index in [1.807, 2.05) is 24.3 Å². The number of nitrogens with zero attached hydrogens (tertiary/aromatic N) is 1. The van der Waals surface area contributed by atoms with E-state index in [1.54, 1.807) is 42.5 Å². The lowest BCUT2D eigenvalue weighted by molar-refractivity contribution is 0.102. The van der Waals surface area contributed by atoms with E-state index in [2.05, 4.69) is 19.2 Å². The summed E-state index contributed by atoms with van der Waals surface area (Å²) in [5, 5.41) is 3.08. The Labute approximate surface area is 183 Å². The molecule has 1 heterocycles. The molecule has 0 aromatic heterocycles. The van der Waals surface area contributed by atoms with Gasteiger partial charge in [-0.2, -0.15) is 0 Å². The predicted octanol–water partition coefficient (Wildman–Crippen LogP) is 4.82. The van der Waals surface area contributed by atoms with Crippen LogP contribution in [0.5, 0.6) is 0 Å². The number of aryl methyl sites for hydroxylation is 2. The third-order valence-corrected chi connectivity index (χ3v) is 7.59. The maximum absolute atomic E-state index is 13.0. The summed E-state index contributed by atoms with van der Waals surface area (Å²) in [6, 6.07) is 19.8. The second kappa shape index (κ2) is 8.55. The lowest BCUT2D eigenvalue weighted by atomic mass is 10.0. The Morgan fingerprint density at radius 1 is 0.935 bits per heavy atom. The molecule has 1 amide bonds. The van der Waals surface area contributed by atoms with Gasteiger partial charge in [-0.05, 0) is 66.3 Å². The van der Waals surface area contributed by atoms with Gasteiger partial charge in [-0.1, -0.05) is 50.2 Å². The molecular weight excluding hydrogens is 408 g/mol. The summed E-state index contributed by atoms with van der Waals surface area (Å²) in [5.74, 6) is -0.178. The maximum atomic E-state index is 13.0. The highest BCUT2D eigenvalue weighted by molar-refractivity contribution is 7.92. The zero-order valence-electron chi connectivity index (χ0n) is 17.8. The minimum atomic E-state index is -3.62. The first-order valence-corrected chi connectivity index (χ1v) is 12.0. The Morgan fingerprint density at radius 2 is 1.61 bits per heavy atom. The summed E-state index contributed by atoms with van der Waals surface area (Å²) in [5.41, 5.74) is 5.13. The Bertz CT molecular complexity index is 1200. The molecule has 5 nitrogen and oxygen atoms in total. The van der Waals surface area contributed by atoms with Crippen LogP contribution in [-0.2, 0) is 29.3 Å². The van der Waals surface area contributed by atoms with E-state index in [1.165, 1.54) is 4.31 Å². The minimum Gasteiger partial charge on any atom is -0.321 e. The highest BCUT2D eigenvalue weighted by atomic mass is 32.2. The zero-order chi connectivity index (χ0) is 22.0. The zero-order valence-corrected chi connectivity index (χ0v) is 18.6. The Balaban J connectivity index is 1.61. The second-order valence-electron chi connectivity index (χ2n) is 7.60. The summed E-state index contributed by atoms with van der Waals surface area (Å²) < 4.78 is 27.5. The number of rotatable bonds is 6. The number of sulfonamides is 1. The number of fused-ring (bicyclic) bond motifs is 1. The van der Waals surface area contributed by atoms with Crippen LogP contribution in [0.4, 0.5) is 11.4 Å². The van der Waals surface area contributed by atoms with Gasteiger partial charge in [-0.25, -0.2) is 8.42 Å². The largest absolute Gasteiger partial charge is 0.321 e. The predicted molar refractivity (Wildman–Crippen MR) is 124 cm³/mol. The molecule has 0 aliphatic carbocycles. The van der Waals surface area contributed by atoms with Crippen LogP contribution in [-0.4, -0.2) is 20.9 Å². The van der Waals surface area contributed by atoms with Crippen molar-refractivity contribution in [3.8, 4) is 0 Å². The molecule has 0 bridgehead atoms. The van der Waals surface area contributed by atoms with Crippen LogP contribution in [0.25, 0.3) is 0 Å². The fourth-order valence-electron chi connectivity index (χ4n) is 4.07. The van der Waals surface area contributed by atoms with Crippen molar-refractivity contribution in [2.75, 3.05) is 16.2 Å². The molecule has 0 spiro atoms. The van der Waals surface area contributed by atoms with Crippen molar-refractivity contribution in [1.82, 2.24) is 0 Å². The van der Waals surface area contributed by atoms with Crippen LogP contribution >= 0.6 is 0 Å². The van der Waals surface area contributed by atoms with Gasteiger partial charge in [0.1, 0.15) is 0 Å². The molecule has 1 aliphatic heterocycles. The van der Waals surface area contributed by atoms with Crippen molar-refractivity contribution in [3.05, 3.63) is 89.0 Å². The van der Waals surface area contributed by atoms with Gasteiger partial charge in [0.2, 0.25) is 0 Å². The maximum Gasteiger partial charge on any atom is 0.264 e. The summed E-state index contributed by atoms with van der Waals surface area (Å²) in [7, 11) is -3.62. The molecule has 1 aliphatic rings. The van der Waals surface area contributed by atoms with Crippen LogP contribution in [0.3, 0.4) is 0 Å². The van der Waals surface area contributed by atoms with Gasteiger partial charge in [-0.3, -0.25) is 9.10 Å². The van der Waals surface area contributed by atoms with Crippen molar-refractivity contribution in [2.45, 2.75) is 38.0 Å². The standard InChI is InChI=1S/C25H26N2O3S/c1-3-18-9-8-10-19(4-2)24(18)26-25(28)21-13-14-23-20(17-21)15-16-27(23)31(29,30)22-11-6-5-7-12-22/h5-14,17H,3-4,15-16H2,1-2H3,(H,26,28). The van der Waals surface area contributed by atoms with Crippen LogP contribution in [0, 0.1) is 0 Å². The Morgan fingerprint density at radius 3 is 2.26 bits per heavy atom. The lowest BCUT2D eigenvalue weighted by Crippen LogP contribution is -2.29. The number of carbonyl (C=O) groups is 1. The third kappa shape index (κ3) is 3.95. The van der Waals surface area contributed by atoms with Gasteiger partial charge < -0.3 is 5.32 Å². The van der Waals surface area contributed by atoms with Crippen LogP contribution in [0.2, 0.25) is 0 Å². The van der Waals surface area contributed by atoms with Crippen LogP contribution < -0.4 is 9.62 Å². The molecule has 1 N–H and O–H groups in total. The Hall–Kier alpha value is -3.12. The van der Waals surface area contributed by atoms with E-state index in [0.29, 0.717) is 24.2 Å². The van der Waals surface area contributed by atoms with Gasteiger partial charge in [0.05, 0.1) is 10.6 Å². The molecule has 0 saturated heterocycles. The molecule has 3 aromatic carbocycles. The number of hydrogen-bond donors (Lipinski definition) is 1. The van der Waals surface area contributed by atoms with E-state index in [4.69, 9.17) is 0 Å². The number of amides is 1. The monoisotopic (exact) mass is 434 g/mol. The topological polar surface area (TPSA) is 66.5 Å². The Kier molecular flexibility index (Phi) is 5.83. The average Bonchev–Trinajstić information content (AvgIpc) is 3.24. The molecule has 0 radical (unpaired) electrons. The van der Waals surface area contributed by atoms with Crippen molar-refractivity contribution < 1.29 is 13.2 Å². The number of nitrogens with one attached hydrogen (secondary N) is 1. The van der Waals surface area contributed by atoms with Crippen LogP contribution in [0.1, 0.15) is 40.9 Å². The normalized spacial score (nSPS) is 13.2. The van der Waals surface area contributed by atoms with Crippen molar-refractivity contribution >= 4 is 27.3 Å². The molecule has 160 valence electrons. The summed E-state index contributed by atoms with van der Waals surface area (Å²) in [6.07, 6.45) is 2.24. The van der Waals surface area contributed by atoms with E-state index in [-0.39, 0.29) is 10.8 Å². The van der Waals surface area contributed by atoms with E-state index >= 15 is 0 Å². The molecule has 4 rings (SSSR count). The number of benzene rings is 3. The smallest absolute Gasteiger partial charge is 0.264 e. The molecule has 0 saturated carbocycles. The fraction of sp³-hybridized carbons (Fsp3) is 0.240. The highest BCUT2D eigenvalue weighted by Crippen LogP contribution is 2.34. The van der Waals surface area contributed by atoms with Crippen LogP contribution in [0.15, 0.2) is 71.6 Å². The first-order chi connectivity index (χ1) is 15.0. The first-order valence-electron chi connectivity index (χ1n) is 10.6. The van der Waals surface area contributed by atoms with Gasteiger partial charge >= 0.3 is 0 Å². The summed E-state index contributed by atoms with van der Waals surface area (Å²) in [4.78, 5) is 13.3. The van der Waals surface area contributed by atoms with Gasteiger partial charge in [0.15, 0.2) is 0 Å². The number of anilines is 2. The fourth-order valence-corrected chi connectivity index (χ4v) is 5.60. The first kappa shape index (κ1) is 21.1. The molecule has 31 heavy (non-hydrogen) atoms. The van der Waals surface area contributed by atoms with Gasteiger partial charge in [0, 0.05) is 17.8 Å². The SMILES string of the molecule is CCc1cccc(CC)c1NC(=O)c1ccc2c(c1)CCN2S(=O)(=O)c1ccccc1. The summed E-state index contributed by atoms with van der Waals surface area (Å²) >= 11 is 0. The molecule has 0 atom stereocenters. The molecule has 0 unspecified atom stereocenters. The average molecular weight is 435 g/mol. The molecule has 3 aromatic rings. The van der Waals surface area contributed by atoms with Crippen molar-refractivity contribution in [3.63, 3.8) is 0 Å². The molecular formula is C25H26N2O3S. The van der Waals surface area contributed by atoms with Crippen molar-refractivity contribution in [1.29, 1.82) is 0 Å². The number of carbonyl (C=O) groups excluding carboxylic acids is 1. The molecule has 6 heteroatoms. The minimum absolute atomic E-state index is 0.178.